The average molecular weight is 447 g/mol. The van der Waals surface area contributed by atoms with E-state index in [4.69, 9.17) is 14.6 Å². The first-order valence-corrected chi connectivity index (χ1v) is 11.5. The fraction of sp³-hybridized carbons (Fsp3) is 0.321. The van der Waals surface area contributed by atoms with Crippen LogP contribution in [0.15, 0.2) is 72.8 Å². The van der Waals surface area contributed by atoms with Gasteiger partial charge in [-0.1, -0.05) is 60.7 Å². The van der Waals surface area contributed by atoms with Crippen LogP contribution in [-0.4, -0.2) is 29.4 Å². The van der Waals surface area contributed by atoms with Crippen molar-refractivity contribution in [1.82, 2.24) is 0 Å². The van der Waals surface area contributed by atoms with E-state index < -0.39 is 12.1 Å². The van der Waals surface area contributed by atoms with Crippen LogP contribution in [0.3, 0.4) is 0 Å². The first kappa shape index (κ1) is 22.9. The largest absolute Gasteiger partial charge is 0.486 e. The molecule has 1 aliphatic heterocycles. The van der Waals surface area contributed by atoms with Gasteiger partial charge < -0.3 is 19.7 Å². The van der Waals surface area contributed by atoms with Crippen molar-refractivity contribution in [3.63, 3.8) is 0 Å². The predicted molar refractivity (Wildman–Crippen MR) is 127 cm³/mol. The van der Waals surface area contributed by atoms with Gasteiger partial charge in [0.2, 0.25) is 0 Å². The average Bonchev–Trinajstić information content (AvgIpc) is 2.84. The highest BCUT2D eigenvalue weighted by Gasteiger charge is 2.23. The predicted octanol–water partition coefficient (Wildman–Crippen LogP) is 5.00. The lowest BCUT2D eigenvalue weighted by Gasteiger charge is -2.26. The fourth-order valence-electron chi connectivity index (χ4n) is 4.37. The van der Waals surface area contributed by atoms with Gasteiger partial charge in [-0.2, -0.15) is 0 Å². The Balaban J connectivity index is 1.49. The summed E-state index contributed by atoms with van der Waals surface area (Å²) in [5, 5.41) is 20.3. The summed E-state index contributed by atoms with van der Waals surface area (Å²) in [6.07, 6.45) is 2.87. The highest BCUT2D eigenvalue weighted by atomic mass is 16.6. The van der Waals surface area contributed by atoms with Crippen molar-refractivity contribution < 1.29 is 24.5 Å². The van der Waals surface area contributed by atoms with E-state index in [1.54, 1.807) is 0 Å². The molecule has 2 atom stereocenters. The van der Waals surface area contributed by atoms with Crippen LogP contribution >= 0.6 is 0 Å². The molecule has 0 spiro atoms. The minimum absolute atomic E-state index is 0.0145. The van der Waals surface area contributed by atoms with Gasteiger partial charge in [0.05, 0.1) is 12.5 Å². The molecule has 0 aromatic heterocycles. The number of carbonyl (C=O) groups is 1. The molecule has 3 aromatic carbocycles. The molecule has 4 rings (SSSR count). The molecule has 3 aromatic rings. The van der Waals surface area contributed by atoms with Crippen molar-refractivity contribution in [3.8, 4) is 11.5 Å². The van der Waals surface area contributed by atoms with E-state index in [-0.39, 0.29) is 12.3 Å². The summed E-state index contributed by atoms with van der Waals surface area (Å²) in [5.74, 6) is 0.572. The van der Waals surface area contributed by atoms with Crippen LogP contribution in [0.2, 0.25) is 0 Å². The molecule has 0 unspecified atom stereocenters. The Labute approximate surface area is 194 Å². The lowest BCUT2D eigenvalue weighted by atomic mass is 9.85. The normalized spacial score (nSPS) is 14.5. The van der Waals surface area contributed by atoms with Gasteiger partial charge in [-0.3, -0.25) is 4.79 Å². The van der Waals surface area contributed by atoms with Gasteiger partial charge in [-0.25, -0.2) is 0 Å². The Bertz CT molecular complexity index is 1050. The summed E-state index contributed by atoms with van der Waals surface area (Å²) >= 11 is 0. The second-order valence-electron chi connectivity index (χ2n) is 8.58. The number of rotatable bonds is 10. The topological polar surface area (TPSA) is 76.0 Å². The third-order valence-corrected chi connectivity index (χ3v) is 6.11. The van der Waals surface area contributed by atoms with Gasteiger partial charge in [-0.05, 0) is 66.0 Å². The number of benzene rings is 3. The third-order valence-electron chi connectivity index (χ3n) is 6.11. The van der Waals surface area contributed by atoms with Crippen molar-refractivity contribution in [1.29, 1.82) is 0 Å². The molecule has 1 heterocycles. The van der Waals surface area contributed by atoms with Crippen molar-refractivity contribution in [2.45, 2.75) is 38.2 Å². The van der Waals surface area contributed by atoms with Gasteiger partial charge in [0.25, 0.3) is 0 Å². The van der Waals surface area contributed by atoms with Crippen molar-refractivity contribution in [2.24, 2.45) is 5.92 Å². The van der Waals surface area contributed by atoms with E-state index in [1.165, 1.54) is 5.56 Å². The molecule has 5 nitrogen and oxygen atoms in total. The molecule has 5 heteroatoms. The summed E-state index contributed by atoms with van der Waals surface area (Å²) in [4.78, 5) is 11.0. The standard InChI is InChI=1S/C28H30O5/c29-27(30)18-22-11-9-21(10-12-22)17-23(8-4-7-20-5-2-1-3-6-20)28(31)24-13-14-25-26(19-24)33-16-15-32-25/h1-3,5-6,9-14,19,23,28,31H,4,7-8,15-18H2,(H,29,30)/t23-,28-/m0/s1. The number of aryl methyl sites for hydroxylation is 1. The maximum Gasteiger partial charge on any atom is 0.307 e. The molecule has 0 saturated carbocycles. The minimum Gasteiger partial charge on any atom is -0.486 e. The van der Waals surface area contributed by atoms with Gasteiger partial charge in [0.15, 0.2) is 11.5 Å². The van der Waals surface area contributed by atoms with Crippen molar-refractivity contribution in [3.05, 3.63) is 95.1 Å². The summed E-state index contributed by atoms with van der Waals surface area (Å²) in [7, 11) is 0. The molecule has 0 aliphatic carbocycles. The SMILES string of the molecule is O=C(O)Cc1ccc(C[C@H](CCCc2ccccc2)[C@H](O)c2ccc3c(c2)OCCO3)cc1. The molecule has 172 valence electrons. The number of aliphatic carboxylic acids is 1. The van der Waals surface area contributed by atoms with Gasteiger partial charge in [-0.15, -0.1) is 0 Å². The van der Waals surface area contributed by atoms with E-state index in [0.717, 1.165) is 36.0 Å². The Morgan fingerprint density at radius 3 is 2.27 bits per heavy atom. The van der Waals surface area contributed by atoms with E-state index in [1.807, 2.05) is 48.5 Å². The Morgan fingerprint density at radius 1 is 0.848 bits per heavy atom. The number of hydrogen-bond acceptors (Lipinski definition) is 4. The van der Waals surface area contributed by atoms with Gasteiger partial charge in [0, 0.05) is 0 Å². The molecular weight excluding hydrogens is 416 g/mol. The quantitative estimate of drug-likeness (QED) is 0.458. The van der Waals surface area contributed by atoms with Crippen LogP contribution in [0.1, 0.15) is 41.2 Å². The van der Waals surface area contributed by atoms with Crippen LogP contribution in [0.4, 0.5) is 0 Å². The van der Waals surface area contributed by atoms with Crippen LogP contribution in [0.5, 0.6) is 11.5 Å². The molecule has 0 saturated heterocycles. The number of ether oxygens (including phenoxy) is 2. The molecular formula is C28H30O5. The highest BCUT2D eigenvalue weighted by molar-refractivity contribution is 5.70. The summed E-state index contributed by atoms with van der Waals surface area (Å²) in [5.41, 5.74) is 3.99. The van der Waals surface area contributed by atoms with E-state index in [2.05, 4.69) is 24.3 Å². The fourth-order valence-corrected chi connectivity index (χ4v) is 4.37. The number of fused-ring (bicyclic) bond motifs is 1. The lowest BCUT2D eigenvalue weighted by molar-refractivity contribution is -0.136. The number of carboxylic acid groups (broad SMARTS) is 1. The Morgan fingerprint density at radius 2 is 1.55 bits per heavy atom. The number of carboxylic acids is 1. The smallest absolute Gasteiger partial charge is 0.307 e. The molecule has 2 N–H and O–H groups in total. The lowest BCUT2D eigenvalue weighted by Crippen LogP contribution is -2.18. The zero-order chi connectivity index (χ0) is 23.0. The number of aliphatic hydroxyl groups excluding tert-OH is 1. The van der Waals surface area contributed by atoms with Gasteiger partial charge >= 0.3 is 5.97 Å². The summed E-state index contributed by atoms with van der Waals surface area (Å²) in [6, 6.07) is 23.7. The summed E-state index contributed by atoms with van der Waals surface area (Å²) in [6.45, 7) is 1.05. The Hall–Kier alpha value is -3.31. The molecule has 0 radical (unpaired) electrons. The molecule has 0 fully saturated rings. The van der Waals surface area contributed by atoms with Gasteiger partial charge in [0.1, 0.15) is 13.2 Å². The molecule has 0 amide bonds. The van der Waals surface area contributed by atoms with E-state index in [0.29, 0.717) is 31.1 Å². The second-order valence-corrected chi connectivity index (χ2v) is 8.58. The van der Waals surface area contributed by atoms with Crippen LogP contribution < -0.4 is 9.47 Å². The first-order valence-electron chi connectivity index (χ1n) is 11.5. The Kier molecular flexibility index (Phi) is 7.63. The highest BCUT2D eigenvalue weighted by Crippen LogP contribution is 2.36. The number of aliphatic hydroxyl groups is 1. The van der Waals surface area contributed by atoms with Crippen LogP contribution in [0, 0.1) is 5.92 Å². The van der Waals surface area contributed by atoms with Crippen molar-refractivity contribution in [2.75, 3.05) is 13.2 Å². The zero-order valence-electron chi connectivity index (χ0n) is 18.7. The number of hydrogen-bond donors (Lipinski definition) is 2. The first-order chi connectivity index (χ1) is 16.1. The van der Waals surface area contributed by atoms with Crippen molar-refractivity contribution >= 4 is 5.97 Å². The molecule has 33 heavy (non-hydrogen) atoms. The zero-order valence-corrected chi connectivity index (χ0v) is 18.7. The monoisotopic (exact) mass is 446 g/mol. The molecule has 0 bridgehead atoms. The van der Waals surface area contributed by atoms with Crippen LogP contribution in [-0.2, 0) is 24.1 Å². The maximum absolute atomic E-state index is 11.3. The second kappa shape index (κ2) is 11.0. The third kappa shape index (κ3) is 6.36. The molecule has 1 aliphatic rings. The minimum atomic E-state index is -0.837. The van der Waals surface area contributed by atoms with Crippen LogP contribution in [0.25, 0.3) is 0 Å². The van der Waals surface area contributed by atoms with E-state index >= 15 is 0 Å². The maximum atomic E-state index is 11.3. The summed E-state index contributed by atoms with van der Waals surface area (Å²) < 4.78 is 11.3. The van der Waals surface area contributed by atoms with E-state index in [9.17, 15) is 9.90 Å².